The zero-order chi connectivity index (χ0) is 100. The molecule has 7 aromatic rings. The second kappa shape index (κ2) is 50.1. The SMILES string of the molecule is [C-]#[N+]CCO[PH](S)(OC[C@H]1O[C@@H](n2cnc3c(=O)[nH]c(/N=C/N(C)C)nc32)CC1O[PH](S)(OCC[N+]#[C-])OC[C@H]1O[C@@H](n2cc(C)c(=O)[nH]c2=O)CC1O[PH](S)(OCC[N+]#[C-])OC[C@H]1O[C@@H](n2cnc3c(=O)[nH]c(/N=C/N(C)C)nc32)CC1O[PH](S)(OCC[N+]#[C-])OC[C@H]1O[C@@H](n2cc(C)c(=O)[nH]c2=O)CC1O[PH](S)(OC[C@H]1O[C@@H](n2ccc(NC(C)=O)nc2=O)CC1C(C)C)SCCC)OC(C)C. The van der Waals surface area contributed by atoms with Gasteiger partial charge in [-0.1, -0.05) is 0 Å². The van der Waals surface area contributed by atoms with E-state index in [-0.39, 0.29) is 155 Å². The van der Waals surface area contributed by atoms with E-state index in [1.54, 1.807) is 51.8 Å². The van der Waals surface area contributed by atoms with Gasteiger partial charge in [0, 0.05) is 0 Å². The molecule has 0 saturated carbocycles. The fourth-order valence-electron chi connectivity index (χ4n) is 15.2. The third-order valence-electron chi connectivity index (χ3n) is 21.7. The first-order valence-electron chi connectivity index (χ1n) is 44.0. The van der Waals surface area contributed by atoms with E-state index in [0.717, 1.165) is 4.57 Å². The van der Waals surface area contributed by atoms with Crippen LogP contribution in [0, 0.1) is 52.0 Å². The molecule has 61 heteroatoms. The molecule has 0 bridgehead atoms. The van der Waals surface area contributed by atoms with E-state index in [0.29, 0.717) is 18.6 Å². The van der Waals surface area contributed by atoms with Crippen molar-refractivity contribution in [1.29, 1.82) is 0 Å². The molecule has 0 aromatic carbocycles. The van der Waals surface area contributed by atoms with Gasteiger partial charge < -0.3 is 0 Å². The second-order valence-corrected chi connectivity index (χ2v) is 54.9. The Labute approximate surface area is 829 Å². The molecule has 0 radical (unpaired) electrons. The van der Waals surface area contributed by atoms with Crippen molar-refractivity contribution in [2.45, 2.75) is 186 Å². The fourth-order valence-corrected chi connectivity index (χ4v) is 30.9. The summed E-state index contributed by atoms with van der Waals surface area (Å²) in [6.07, 6.45) is -9.77. The number of nitrogens with zero attached hydrogens (tertiary/aromatic N) is 18. The van der Waals surface area contributed by atoms with Crippen LogP contribution >= 0.6 is 107 Å². The van der Waals surface area contributed by atoms with E-state index >= 15 is 0 Å². The van der Waals surface area contributed by atoms with Crippen molar-refractivity contribution in [1.82, 2.24) is 77.5 Å². The predicted octanol–water partition coefficient (Wildman–Crippen LogP) is 8.97. The van der Waals surface area contributed by atoms with Crippen molar-refractivity contribution >= 4 is 166 Å². The molecule has 5 saturated heterocycles. The van der Waals surface area contributed by atoms with Crippen molar-refractivity contribution in [2.24, 2.45) is 21.8 Å². The number of carbonyl (C=O) groups is 1. The van der Waals surface area contributed by atoms with Crippen LogP contribution in [0.1, 0.15) is 122 Å². The van der Waals surface area contributed by atoms with Crippen LogP contribution in [0.15, 0.2) is 80.9 Å². The maximum atomic E-state index is 14.0. The molecule has 12 rings (SSSR count). The summed E-state index contributed by atoms with van der Waals surface area (Å²) in [6.45, 7) is 40.9. The molecule has 5 aliphatic rings. The molecule has 139 heavy (non-hydrogen) atoms. The molecular formula is C78H116N23O27P5S6. The third kappa shape index (κ3) is 29.8. The zero-order valence-electron chi connectivity index (χ0n) is 77.8. The van der Waals surface area contributed by atoms with E-state index in [2.05, 4.69) is 79.5 Å². The van der Waals surface area contributed by atoms with E-state index in [1.807, 2.05) is 20.8 Å². The first-order valence-corrected chi connectivity index (χ1v) is 60.9. The molecule has 12 heterocycles. The van der Waals surface area contributed by atoms with E-state index in [1.165, 1.54) is 100 Å². The number of carbonyl (C=O) groups excluding carboxylic acids is 1. The van der Waals surface area contributed by atoms with Gasteiger partial charge >= 0.3 is 835 Å². The number of H-pyrrole nitrogens is 4. The molecule has 0 spiro atoms. The predicted molar refractivity (Wildman–Crippen MR) is 540 cm³/mol. The number of nitrogens with one attached hydrogen (secondary N) is 5. The van der Waals surface area contributed by atoms with Crippen LogP contribution in [-0.4, -0.2) is 277 Å². The molecule has 5 fully saturated rings. The van der Waals surface area contributed by atoms with Crippen LogP contribution in [0.3, 0.4) is 0 Å². The summed E-state index contributed by atoms with van der Waals surface area (Å²) in [5.74, 6) is -0.119. The van der Waals surface area contributed by atoms with Crippen molar-refractivity contribution < 1.29 is 91.8 Å². The number of aromatic nitrogens is 14. The Morgan fingerprint density at radius 2 is 0.899 bits per heavy atom. The number of rotatable bonds is 51. The number of aryl methyl sites for hydroxylation is 2. The minimum absolute atomic E-state index is 0.0173. The number of imidazole rings is 2. The van der Waals surface area contributed by atoms with Gasteiger partial charge in [-0.2, -0.15) is 0 Å². The Kier molecular flexibility index (Phi) is 39.8. The number of fused-ring (bicyclic) bond motifs is 2. The fraction of sp³-hybridized carbons (Fsp3) is 0.628. The van der Waals surface area contributed by atoms with Gasteiger partial charge in [0.1, 0.15) is 0 Å². The van der Waals surface area contributed by atoms with Gasteiger partial charge in [0.15, 0.2) is 0 Å². The topological polar surface area (TPSA) is 525 Å². The summed E-state index contributed by atoms with van der Waals surface area (Å²) in [5, 5.41) is 2.53. The number of thiol groups is 5. The van der Waals surface area contributed by atoms with Gasteiger partial charge in [-0.15, -0.1) is 0 Å². The molecule has 1 amide bonds. The Balaban J connectivity index is 0.862. The van der Waals surface area contributed by atoms with Gasteiger partial charge in [0.25, 0.3) is 0 Å². The standard InChI is InChI=1S/C78H116N23O27P5S6/c1-17-28-139-133(138,118-36-55-50(45(2)3)29-61(119-55)97-23-18-60(87-49(8)102)88-76(97)107)128-54-33-63(99-35-48(7)71(104)94-78(99)109)121-59(54)40-117-132(137,113-27-22-82-12)127-53-32-65(101-44-84-67-69(101)90-75(92-73(67)106)86-42-96(15)16)123-58(53)39-116-130(135,111-25-20-80-10)125-51-30-62(98-34-47(6)70(103)93-77(98)108)120-56(51)38-115-131(136,112-26-21-81-11)126-52-31-64(122-57(52)37-114-129(134,124-46(4)5)110-24-19-79-9)100-43-83-66-68(100)89-74(91-72(66)105)85-41-95(13)14/h18,23,34-35,41-46,50-59,61-65,129-138H,17,19-22,24-33,36-40H2,1-8,13-16H3,(H,89,91,105)(H,90,92,106)(H,93,103,108)(H,94,104,109)(H,87,88,102,107)/b85-41+,86-42+/t50?,51?,52?,53?,54?,55-,56-,57-,58-,59-,61-,62-,63-,64-,65-/m1/s1. The number of ether oxygens (including phenoxy) is 5. The van der Waals surface area contributed by atoms with Crippen LogP contribution in [0.2, 0.25) is 0 Å². The average Bonchev–Trinajstić information content (AvgIpc) is 1.63. The van der Waals surface area contributed by atoms with Crippen LogP contribution < -0.4 is 44.6 Å². The van der Waals surface area contributed by atoms with Crippen molar-refractivity contribution in [3.05, 3.63) is 167 Å². The normalized spacial score (nSPS) is 23.8. The number of aliphatic imine (C=N–C) groups is 2. The summed E-state index contributed by atoms with van der Waals surface area (Å²) in [7, 11) is -11.0. The molecule has 0 aliphatic carbocycles. The van der Waals surface area contributed by atoms with Gasteiger partial charge in [0.05, 0.1) is 0 Å². The van der Waals surface area contributed by atoms with Crippen molar-refractivity contribution in [2.75, 3.05) is 125 Å². The monoisotopic (exact) mass is 2150 g/mol. The van der Waals surface area contributed by atoms with Crippen molar-refractivity contribution in [3.8, 4) is 0 Å². The summed E-state index contributed by atoms with van der Waals surface area (Å²) in [4.78, 5) is 164. The second-order valence-electron chi connectivity index (χ2n) is 33.5. The van der Waals surface area contributed by atoms with Crippen LogP contribution in [0.5, 0.6) is 0 Å². The average molecular weight is 2160 g/mol. The Morgan fingerprint density at radius 1 is 0.525 bits per heavy atom. The molecule has 5 unspecified atom stereocenters. The molecule has 766 valence electrons. The summed E-state index contributed by atoms with van der Waals surface area (Å²) >= 11 is 26.7. The van der Waals surface area contributed by atoms with Crippen LogP contribution in [0.25, 0.3) is 41.7 Å². The van der Waals surface area contributed by atoms with Gasteiger partial charge in [-0.3, -0.25) is 0 Å². The zero-order valence-corrected chi connectivity index (χ0v) is 88.1. The number of hydrogen-bond donors (Lipinski definition) is 10. The van der Waals surface area contributed by atoms with Gasteiger partial charge in [-0.25, -0.2) is 0 Å². The quantitative estimate of drug-likeness (QED) is 0.00424. The number of aromatic amines is 4. The van der Waals surface area contributed by atoms with E-state index in [4.69, 9.17) is 175 Å². The van der Waals surface area contributed by atoms with Gasteiger partial charge in [0.2, 0.25) is 0 Å². The van der Waals surface area contributed by atoms with Crippen molar-refractivity contribution in [3.63, 3.8) is 0 Å². The summed E-state index contributed by atoms with van der Waals surface area (Å²) < 4.78 is 134. The molecule has 5 N–H and O–H groups in total. The van der Waals surface area contributed by atoms with E-state index in [9.17, 15) is 38.4 Å². The molecule has 50 nitrogen and oxygen atoms in total. The minimum atomic E-state index is -4.73. The van der Waals surface area contributed by atoms with Crippen LogP contribution in [0.4, 0.5) is 17.7 Å². The number of amides is 1. The Hall–Kier alpha value is -7.20. The summed E-state index contributed by atoms with van der Waals surface area (Å²) in [6, 6.07) is 1.50. The first-order chi connectivity index (χ1) is 66.1. The maximum absolute atomic E-state index is 14.0. The molecule has 7 aromatic heterocycles. The van der Waals surface area contributed by atoms with Gasteiger partial charge in [-0.05, 0) is 0 Å². The number of hydrogen-bond acceptors (Lipinski definition) is 40. The third-order valence-corrected chi connectivity index (χ3v) is 39.3. The Bertz CT molecular complexity index is 6120. The van der Waals surface area contributed by atoms with E-state index < -0.39 is 192 Å². The summed E-state index contributed by atoms with van der Waals surface area (Å²) in [5.41, 5.74) is -4.65. The van der Waals surface area contributed by atoms with Crippen LogP contribution in [-0.2, 0) is 91.8 Å². The molecule has 15 atom stereocenters. The molecule has 5 aliphatic heterocycles. The molecular weight excluding hydrogens is 2040 g/mol. The Morgan fingerprint density at radius 3 is 1.27 bits per heavy atom. The first kappa shape index (κ1) is 111. The number of anilines is 1.